The predicted octanol–water partition coefficient (Wildman–Crippen LogP) is 3.92. The summed E-state index contributed by atoms with van der Waals surface area (Å²) in [6, 6.07) is 0.592. The van der Waals surface area contributed by atoms with Gasteiger partial charge in [0.2, 0.25) is 0 Å². The van der Waals surface area contributed by atoms with Crippen molar-refractivity contribution in [3.63, 3.8) is 0 Å². The van der Waals surface area contributed by atoms with Crippen LogP contribution in [0.5, 0.6) is 0 Å². The molecule has 0 spiro atoms. The minimum atomic E-state index is 0.225. The first kappa shape index (κ1) is 17.7. The molecule has 3 heteroatoms. The van der Waals surface area contributed by atoms with E-state index in [0.717, 1.165) is 37.0 Å². The lowest BCUT2D eigenvalue weighted by Gasteiger charge is -2.35. The van der Waals surface area contributed by atoms with E-state index in [9.17, 15) is 4.79 Å². The molecular formula is C18H29NO2. The van der Waals surface area contributed by atoms with Crippen LogP contribution in [0.15, 0.2) is 35.6 Å². The fourth-order valence-corrected chi connectivity index (χ4v) is 2.35. The first-order valence-corrected chi connectivity index (χ1v) is 7.95. The highest BCUT2D eigenvalue weighted by atomic mass is 16.5. The van der Waals surface area contributed by atoms with Gasteiger partial charge in [-0.15, -0.1) is 0 Å². The average Bonchev–Trinajstić information content (AvgIpc) is 2.39. The maximum atomic E-state index is 11.2. The molecule has 0 aliphatic heterocycles. The Kier molecular flexibility index (Phi) is 8.06. The zero-order valence-electron chi connectivity index (χ0n) is 13.8. The summed E-state index contributed by atoms with van der Waals surface area (Å²) >= 11 is 0. The van der Waals surface area contributed by atoms with Crippen LogP contribution in [0.3, 0.4) is 0 Å². The van der Waals surface area contributed by atoms with Gasteiger partial charge in [-0.2, -0.15) is 0 Å². The van der Waals surface area contributed by atoms with Crippen molar-refractivity contribution < 1.29 is 9.53 Å². The monoisotopic (exact) mass is 291 g/mol. The standard InChI is InChI=1S/C18H29NO2/c1-5-7-15(10-9-14(3)20)11-17(8-6-2)21-18-12-16(13-18)19-4/h5,7-8,11,16,18-19H,6,9-10,12-13H2,1-4H3/b7-5-,15-11+,17-8-. The molecule has 118 valence electrons. The zero-order valence-corrected chi connectivity index (χ0v) is 13.8. The Hall–Kier alpha value is -1.35. The number of hydrogen-bond donors (Lipinski definition) is 1. The van der Waals surface area contributed by atoms with Crippen molar-refractivity contribution in [3.05, 3.63) is 35.6 Å². The fourth-order valence-electron chi connectivity index (χ4n) is 2.35. The summed E-state index contributed by atoms with van der Waals surface area (Å²) in [6.07, 6.45) is 13.0. The van der Waals surface area contributed by atoms with E-state index >= 15 is 0 Å². The van der Waals surface area contributed by atoms with Crippen molar-refractivity contribution >= 4 is 5.78 Å². The van der Waals surface area contributed by atoms with Gasteiger partial charge in [-0.1, -0.05) is 19.1 Å². The maximum Gasteiger partial charge on any atom is 0.130 e. The van der Waals surface area contributed by atoms with Crippen LogP contribution in [-0.2, 0) is 9.53 Å². The highest BCUT2D eigenvalue weighted by Gasteiger charge is 2.29. The van der Waals surface area contributed by atoms with Gasteiger partial charge in [0, 0.05) is 12.5 Å². The lowest BCUT2D eigenvalue weighted by molar-refractivity contribution is -0.116. The van der Waals surface area contributed by atoms with Gasteiger partial charge in [0.15, 0.2) is 0 Å². The summed E-state index contributed by atoms with van der Waals surface area (Å²) in [4.78, 5) is 11.2. The van der Waals surface area contributed by atoms with Gasteiger partial charge in [0.25, 0.3) is 0 Å². The molecule has 0 unspecified atom stereocenters. The quantitative estimate of drug-likeness (QED) is 0.517. The molecule has 1 fully saturated rings. The first-order chi connectivity index (χ1) is 10.1. The molecule has 1 rings (SSSR count). The summed E-state index contributed by atoms with van der Waals surface area (Å²) in [7, 11) is 2.00. The normalized spacial score (nSPS) is 23.2. The molecule has 3 nitrogen and oxygen atoms in total. The number of carbonyl (C=O) groups is 1. The SMILES string of the molecule is C\C=C/C(=C\C(=C\CC)OC1CC(NC)C1)CCC(C)=O. The number of carbonyl (C=O) groups excluding carboxylic acids is 1. The average molecular weight is 291 g/mol. The molecule has 0 bridgehead atoms. The van der Waals surface area contributed by atoms with E-state index in [4.69, 9.17) is 4.74 Å². The van der Waals surface area contributed by atoms with Crippen molar-refractivity contribution in [1.82, 2.24) is 5.32 Å². The smallest absolute Gasteiger partial charge is 0.130 e. The lowest BCUT2D eigenvalue weighted by Crippen LogP contribution is -2.43. The fraction of sp³-hybridized carbons (Fsp3) is 0.611. The Labute approximate surface area is 129 Å². The van der Waals surface area contributed by atoms with Crippen LogP contribution < -0.4 is 5.32 Å². The van der Waals surface area contributed by atoms with Crippen molar-refractivity contribution in [3.8, 4) is 0 Å². The minimum Gasteiger partial charge on any atom is -0.491 e. The molecule has 0 saturated heterocycles. The van der Waals surface area contributed by atoms with Crippen molar-refractivity contribution in [1.29, 1.82) is 0 Å². The van der Waals surface area contributed by atoms with Crippen LogP contribution in [0.25, 0.3) is 0 Å². The van der Waals surface area contributed by atoms with Crippen LogP contribution in [-0.4, -0.2) is 25.0 Å². The third-order valence-corrected chi connectivity index (χ3v) is 3.69. The third-order valence-electron chi connectivity index (χ3n) is 3.69. The molecule has 1 aliphatic carbocycles. The van der Waals surface area contributed by atoms with E-state index in [1.807, 2.05) is 20.0 Å². The molecule has 21 heavy (non-hydrogen) atoms. The molecule has 1 aliphatic rings. The van der Waals surface area contributed by atoms with Gasteiger partial charge >= 0.3 is 0 Å². The Morgan fingerprint density at radius 1 is 1.33 bits per heavy atom. The Balaban J connectivity index is 2.66. The molecule has 0 aromatic carbocycles. The number of rotatable bonds is 9. The molecule has 0 aromatic rings. The summed E-state index contributed by atoms with van der Waals surface area (Å²) in [6.45, 7) is 5.74. The van der Waals surface area contributed by atoms with Crippen LogP contribution in [0.1, 0.15) is 52.9 Å². The second-order valence-corrected chi connectivity index (χ2v) is 5.63. The minimum absolute atomic E-state index is 0.225. The molecule has 0 heterocycles. The topological polar surface area (TPSA) is 38.3 Å². The number of Topliss-reactive ketones (excluding diaryl/α,β-unsaturated/α-hetero) is 1. The molecule has 0 atom stereocenters. The van der Waals surface area contributed by atoms with Gasteiger partial charge in [0.1, 0.15) is 17.6 Å². The number of hydrogen-bond acceptors (Lipinski definition) is 3. The van der Waals surface area contributed by atoms with E-state index in [2.05, 4.69) is 30.5 Å². The van der Waals surface area contributed by atoms with Crippen molar-refractivity contribution in [2.24, 2.45) is 0 Å². The largest absolute Gasteiger partial charge is 0.491 e. The summed E-state index contributed by atoms with van der Waals surface area (Å²) in [5, 5.41) is 3.27. The van der Waals surface area contributed by atoms with Gasteiger partial charge in [-0.05, 0) is 64.3 Å². The molecule has 0 radical (unpaired) electrons. The van der Waals surface area contributed by atoms with Gasteiger partial charge < -0.3 is 14.8 Å². The van der Waals surface area contributed by atoms with Gasteiger partial charge in [-0.3, -0.25) is 0 Å². The second kappa shape index (κ2) is 9.56. The molecular weight excluding hydrogens is 262 g/mol. The number of ketones is 1. The number of ether oxygens (including phenoxy) is 1. The molecule has 1 saturated carbocycles. The van der Waals surface area contributed by atoms with E-state index in [-0.39, 0.29) is 5.78 Å². The summed E-state index contributed by atoms with van der Waals surface area (Å²) < 4.78 is 6.07. The molecule has 0 amide bonds. The summed E-state index contributed by atoms with van der Waals surface area (Å²) in [5.41, 5.74) is 1.15. The van der Waals surface area contributed by atoms with Gasteiger partial charge in [0.05, 0.1) is 0 Å². The zero-order chi connectivity index (χ0) is 15.7. The van der Waals surface area contributed by atoms with Crippen LogP contribution in [0.4, 0.5) is 0 Å². The number of allylic oxidation sites excluding steroid dienone is 5. The van der Waals surface area contributed by atoms with Crippen LogP contribution in [0, 0.1) is 0 Å². The molecule has 0 aromatic heterocycles. The Morgan fingerprint density at radius 2 is 2.05 bits per heavy atom. The second-order valence-electron chi connectivity index (χ2n) is 5.63. The highest BCUT2D eigenvalue weighted by Crippen LogP contribution is 2.26. The van der Waals surface area contributed by atoms with Crippen LogP contribution in [0.2, 0.25) is 0 Å². The lowest BCUT2D eigenvalue weighted by atomic mass is 9.89. The van der Waals surface area contributed by atoms with Crippen molar-refractivity contribution in [2.45, 2.75) is 65.0 Å². The highest BCUT2D eigenvalue weighted by molar-refractivity contribution is 5.75. The maximum absolute atomic E-state index is 11.2. The van der Waals surface area contributed by atoms with E-state index in [1.165, 1.54) is 0 Å². The van der Waals surface area contributed by atoms with Crippen LogP contribution >= 0.6 is 0 Å². The Morgan fingerprint density at radius 3 is 2.57 bits per heavy atom. The Bertz CT molecular complexity index is 415. The first-order valence-electron chi connectivity index (χ1n) is 7.95. The summed E-state index contributed by atoms with van der Waals surface area (Å²) in [5.74, 6) is 1.16. The van der Waals surface area contributed by atoms with Crippen molar-refractivity contribution in [2.75, 3.05) is 7.05 Å². The third kappa shape index (κ3) is 6.76. The van der Waals surface area contributed by atoms with E-state index in [1.54, 1.807) is 6.92 Å². The van der Waals surface area contributed by atoms with E-state index in [0.29, 0.717) is 18.6 Å². The number of nitrogens with one attached hydrogen (secondary N) is 1. The predicted molar refractivity (Wildman–Crippen MR) is 88.1 cm³/mol. The molecule has 1 N–H and O–H groups in total. The van der Waals surface area contributed by atoms with E-state index < -0.39 is 0 Å². The van der Waals surface area contributed by atoms with Gasteiger partial charge in [-0.25, -0.2) is 0 Å².